The molecule has 1 N–H and O–H groups in total. The van der Waals surface area contributed by atoms with E-state index in [4.69, 9.17) is 0 Å². The average Bonchev–Trinajstić information content (AvgIpc) is 3.57. The van der Waals surface area contributed by atoms with Gasteiger partial charge in [-0.2, -0.15) is 0 Å². The number of Topliss-reactive ketones (excluding diaryl/α,β-unsaturated/α-hetero) is 2. The Kier molecular flexibility index (Phi) is 7.61. The average molecular weight is 552 g/mol. The first-order valence-electron chi connectivity index (χ1n) is 16.1. The van der Waals surface area contributed by atoms with E-state index in [1.807, 2.05) is 0 Å². The van der Waals surface area contributed by atoms with Crippen molar-refractivity contribution < 1.29 is 14.4 Å². The van der Waals surface area contributed by atoms with Crippen molar-refractivity contribution in [3.63, 3.8) is 0 Å². The van der Waals surface area contributed by atoms with E-state index in [0.717, 1.165) is 25.7 Å². The Morgan fingerprint density at radius 2 is 1.77 bits per heavy atom. The molecule has 0 aromatic carbocycles. The molecular formula is C34H49NO3S. The molecule has 6 rings (SSSR count). The Morgan fingerprint density at radius 1 is 1.00 bits per heavy atom. The van der Waals surface area contributed by atoms with Gasteiger partial charge >= 0.3 is 0 Å². The molecule has 0 radical (unpaired) electrons. The van der Waals surface area contributed by atoms with Gasteiger partial charge in [0, 0.05) is 36.5 Å². The van der Waals surface area contributed by atoms with E-state index in [0.29, 0.717) is 66.8 Å². The molecule has 0 aliphatic heterocycles. The molecule has 5 heteroatoms. The van der Waals surface area contributed by atoms with Crippen LogP contribution in [0.1, 0.15) is 122 Å². The lowest BCUT2D eigenvalue weighted by Crippen LogP contribution is -2.57. The minimum absolute atomic E-state index is 0.140. The summed E-state index contributed by atoms with van der Waals surface area (Å²) in [5, 5.41) is 5.64. The molecule has 5 fully saturated rings. The normalized spacial score (nSPS) is 40.3. The van der Waals surface area contributed by atoms with E-state index in [9.17, 15) is 14.4 Å². The maximum atomic E-state index is 13.7. The van der Waals surface area contributed by atoms with Gasteiger partial charge < -0.3 is 5.32 Å². The fourth-order valence-corrected chi connectivity index (χ4v) is 11.6. The van der Waals surface area contributed by atoms with Crippen LogP contribution in [0.4, 0.5) is 0 Å². The Hall–Kier alpha value is -1.49. The summed E-state index contributed by atoms with van der Waals surface area (Å²) < 4.78 is 0. The lowest BCUT2D eigenvalue weighted by molar-refractivity contribution is -0.159. The number of ketones is 2. The first-order chi connectivity index (χ1) is 18.7. The van der Waals surface area contributed by atoms with E-state index in [1.165, 1.54) is 43.4 Å². The van der Waals surface area contributed by atoms with Gasteiger partial charge in [0.1, 0.15) is 11.6 Å². The van der Waals surface area contributed by atoms with Crippen LogP contribution in [0, 0.1) is 52.3 Å². The van der Waals surface area contributed by atoms with E-state index in [1.54, 1.807) is 11.3 Å². The van der Waals surface area contributed by atoms with E-state index >= 15 is 0 Å². The van der Waals surface area contributed by atoms with E-state index < -0.39 is 0 Å². The zero-order valence-electron chi connectivity index (χ0n) is 24.4. The summed E-state index contributed by atoms with van der Waals surface area (Å²) in [7, 11) is 0. The largest absolute Gasteiger partial charge is 0.348 e. The number of hydrogen-bond donors (Lipinski definition) is 1. The zero-order chi connectivity index (χ0) is 27.4. The van der Waals surface area contributed by atoms with Gasteiger partial charge in [-0.15, -0.1) is 11.3 Å². The number of fused-ring (bicyclic) bond motifs is 5. The maximum absolute atomic E-state index is 13.7. The van der Waals surface area contributed by atoms with Gasteiger partial charge in [0.05, 0.1) is 6.04 Å². The lowest BCUT2D eigenvalue weighted by Gasteiger charge is -2.59. The molecule has 1 heterocycles. The van der Waals surface area contributed by atoms with Crippen molar-refractivity contribution in [2.24, 2.45) is 52.3 Å². The fraction of sp³-hybridized carbons (Fsp3) is 0.794. The molecule has 0 bridgehead atoms. The number of amides is 1. The minimum atomic E-state index is 0.140. The van der Waals surface area contributed by atoms with E-state index in [-0.39, 0.29) is 34.6 Å². The molecule has 0 spiro atoms. The molecule has 9 atom stereocenters. The van der Waals surface area contributed by atoms with Gasteiger partial charge in [0.2, 0.25) is 5.91 Å². The Labute approximate surface area is 239 Å². The van der Waals surface area contributed by atoms with Crippen LogP contribution >= 0.6 is 11.3 Å². The van der Waals surface area contributed by atoms with E-state index in [2.05, 4.69) is 43.6 Å². The van der Waals surface area contributed by atoms with Crippen molar-refractivity contribution in [2.75, 3.05) is 0 Å². The molecule has 4 nitrogen and oxygen atoms in total. The molecule has 5 aliphatic rings. The fourth-order valence-electron chi connectivity index (χ4n) is 10.7. The minimum Gasteiger partial charge on any atom is -0.348 e. The highest BCUT2D eigenvalue weighted by atomic mass is 32.1. The number of carbonyl (C=O) groups is 3. The molecule has 214 valence electrons. The Bertz CT molecular complexity index is 1080. The highest BCUT2D eigenvalue weighted by Gasteiger charge is 2.63. The third kappa shape index (κ3) is 4.87. The molecule has 1 aromatic heterocycles. The topological polar surface area (TPSA) is 63.2 Å². The second kappa shape index (κ2) is 10.7. The van der Waals surface area contributed by atoms with Crippen LogP contribution in [-0.2, 0) is 14.4 Å². The Morgan fingerprint density at radius 3 is 2.51 bits per heavy atom. The molecule has 0 saturated heterocycles. The monoisotopic (exact) mass is 551 g/mol. The lowest BCUT2D eigenvalue weighted by atomic mass is 9.44. The molecule has 39 heavy (non-hydrogen) atoms. The first-order valence-corrected chi connectivity index (χ1v) is 17.0. The van der Waals surface area contributed by atoms with Crippen molar-refractivity contribution in [1.29, 1.82) is 0 Å². The quantitative estimate of drug-likeness (QED) is 0.391. The summed E-state index contributed by atoms with van der Waals surface area (Å²) in [6, 6.07) is 4.47. The van der Waals surface area contributed by atoms with Crippen molar-refractivity contribution in [3.8, 4) is 0 Å². The van der Waals surface area contributed by atoms with Crippen LogP contribution in [0.25, 0.3) is 0 Å². The van der Waals surface area contributed by atoms with Gasteiger partial charge in [-0.3, -0.25) is 14.4 Å². The Balaban J connectivity index is 1.14. The summed E-state index contributed by atoms with van der Waals surface area (Å²) in [6.45, 7) is 7.17. The summed E-state index contributed by atoms with van der Waals surface area (Å²) in [5.41, 5.74) is 0.286. The van der Waals surface area contributed by atoms with Crippen LogP contribution in [0.3, 0.4) is 0 Å². The molecule has 1 amide bonds. The van der Waals surface area contributed by atoms with Crippen molar-refractivity contribution >= 4 is 28.8 Å². The van der Waals surface area contributed by atoms with Crippen LogP contribution in [0.5, 0.6) is 0 Å². The van der Waals surface area contributed by atoms with Gasteiger partial charge in [0.15, 0.2) is 0 Å². The summed E-state index contributed by atoms with van der Waals surface area (Å²) in [6.07, 6.45) is 14.3. The van der Waals surface area contributed by atoms with Crippen LogP contribution < -0.4 is 5.32 Å². The van der Waals surface area contributed by atoms with Crippen LogP contribution in [0.15, 0.2) is 17.5 Å². The summed E-state index contributed by atoms with van der Waals surface area (Å²) >= 11 is 1.78. The standard InChI is InChI=1S/C34H49NO3S/c1-21(18-30(38)35-32(29-10-7-17-39-29)22-8-5-4-6-9-22)25-11-12-26-31-27(14-16-34(25,26)3)33(2)15-13-24(36)19-23(33)20-28(31)37/h7,10,17,21-23,25-27,31-32H,4-6,8-9,11-16,18-20H2,1-3H3,(H,35,38)/t21-,23+,25-,26+,27+,31+,32?,33+,34-/m1/s1. The number of rotatable bonds is 6. The molecule has 5 aliphatic carbocycles. The third-order valence-electron chi connectivity index (χ3n) is 12.8. The van der Waals surface area contributed by atoms with Gasteiger partial charge in [-0.25, -0.2) is 0 Å². The maximum Gasteiger partial charge on any atom is 0.220 e. The first kappa shape index (κ1) is 27.7. The zero-order valence-corrected chi connectivity index (χ0v) is 25.2. The number of thiophene rings is 1. The predicted octanol–water partition coefficient (Wildman–Crippen LogP) is 7.92. The van der Waals surface area contributed by atoms with Gasteiger partial charge in [-0.1, -0.05) is 46.1 Å². The molecule has 5 saturated carbocycles. The number of hydrogen-bond acceptors (Lipinski definition) is 4. The van der Waals surface area contributed by atoms with Crippen LogP contribution in [0.2, 0.25) is 0 Å². The summed E-state index contributed by atoms with van der Waals surface area (Å²) in [5.74, 6) is 3.70. The number of nitrogens with one attached hydrogen (secondary N) is 1. The molecule has 1 aromatic rings. The van der Waals surface area contributed by atoms with Crippen molar-refractivity contribution in [1.82, 2.24) is 5.32 Å². The highest BCUT2D eigenvalue weighted by molar-refractivity contribution is 7.10. The predicted molar refractivity (Wildman–Crippen MR) is 156 cm³/mol. The highest BCUT2D eigenvalue weighted by Crippen LogP contribution is 2.67. The SMILES string of the molecule is C[C@H](CC(=O)NC(c1cccs1)C1CCCCC1)[C@H]1CC[C@H]2[C@@H]3C(=O)C[C@@H]4CC(=O)CC[C@]4(C)[C@H]3CC[C@]12C. The van der Waals surface area contributed by atoms with Crippen molar-refractivity contribution in [3.05, 3.63) is 22.4 Å². The van der Waals surface area contributed by atoms with Crippen molar-refractivity contribution in [2.45, 2.75) is 117 Å². The second-order valence-electron chi connectivity index (χ2n) is 14.7. The molecule has 1 unspecified atom stereocenters. The van der Waals surface area contributed by atoms with Gasteiger partial charge in [0.25, 0.3) is 0 Å². The molecular weight excluding hydrogens is 502 g/mol. The third-order valence-corrected chi connectivity index (χ3v) is 13.8. The number of carbonyl (C=O) groups excluding carboxylic acids is 3. The smallest absolute Gasteiger partial charge is 0.220 e. The summed E-state index contributed by atoms with van der Waals surface area (Å²) in [4.78, 5) is 40.8. The van der Waals surface area contributed by atoms with Crippen LogP contribution in [-0.4, -0.2) is 17.5 Å². The van der Waals surface area contributed by atoms with Gasteiger partial charge in [-0.05, 0) is 103 Å². The second-order valence-corrected chi connectivity index (χ2v) is 15.7.